The van der Waals surface area contributed by atoms with Gasteiger partial charge >= 0.3 is 11.9 Å². The van der Waals surface area contributed by atoms with Crippen molar-refractivity contribution in [2.75, 3.05) is 13.2 Å². The first-order valence-electron chi connectivity index (χ1n) is 5.20. The van der Waals surface area contributed by atoms with Gasteiger partial charge in [0.05, 0.1) is 18.2 Å². The third-order valence-corrected chi connectivity index (χ3v) is 1.94. The van der Waals surface area contributed by atoms with Gasteiger partial charge in [0.15, 0.2) is 0 Å². The summed E-state index contributed by atoms with van der Waals surface area (Å²) < 4.78 is 30.0. The van der Waals surface area contributed by atoms with Crippen LogP contribution in [0.2, 0.25) is 0 Å². The molecule has 0 heterocycles. The molecule has 0 aliphatic rings. The van der Waals surface area contributed by atoms with Crippen molar-refractivity contribution >= 4 is 11.9 Å². The average molecular weight is 266 g/mol. The van der Waals surface area contributed by atoms with Crippen LogP contribution in [-0.2, 0) is 14.3 Å². The highest BCUT2D eigenvalue weighted by atomic mass is 19.3. The number of ether oxygens (including phenoxy) is 1. The summed E-state index contributed by atoms with van der Waals surface area (Å²) in [4.78, 5) is 21.6. The molecule has 8 heteroatoms. The maximum Gasteiger partial charge on any atom is 0.324 e. The molecule has 0 amide bonds. The Bertz CT molecular complexity index is 334. The summed E-state index contributed by atoms with van der Waals surface area (Å²) in [7, 11) is 0. The number of aliphatic carboxylic acids is 1. The van der Waals surface area contributed by atoms with Crippen LogP contribution in [0.25, 0.3) is 0 Å². The van der Waals surface area contributed by atoms with E-state index in [4.69, 9.17) is 10.9 Å². The van der Waals surface area contributed by atoms with Gasteiger partial charge in [-0.2, -0.15) is 0 Å². The van der Waals surface area contributed by atoms with E-state index < -0.39 is 36.5 Å². The van der Waals surface area contributed by atoms with Crippen molar-refractivity contribution in [2.45, 2.75) is 20.3 Å². The molecular formula is C10H16F2N2O4. The molecule has 0 aromatic carbocycles. The van der Waals surface area contributed by atoms with Crippen LogP contribution in [0, 0.1) is 5.92 Å². The van der Waals surface area contributed by atoms with Crippen LogP contribution in [-0.4, -0.2) is 41.6 Å². The van der Waals surface area contributed by atoms with E-state index in [1.165, 1.54) is 6.92 Å². The first-order chi connectivity index (χ1) is 8.29. The normalized spacial score (nSPS) is 13.3. The molecule has 0 aliphatic heterocycles. The first kappa shape index (κ1) is 16.3. The molecule has 0 rings (SSSR count). The number of hydrogen-bond acceptors (Lipinski definition) is 5. The SMILES string of the molecule is CCOC(=O)C(C)/C=C(/C(F)F)N(N)CC(=O)O. The Labute approximate surface area is 103 Å². The van der Waals surface area contributed by atoms with E-state index in [-0.39, 0.29) is 6.61 Å². The van der Waals surface area contributed by atoms with Gasteiger partial charge in [0.1, 0.15) is 6.54 Å². The quantitative estimate of drug-likeness (QED) is 0.398. The Kier molecular flexibility index (Phi) is 6.88. The van der Waals surface area contributed by atoms with Gasteiger partial charge in [0, 0.05) is 0 Å². The predicted molar refractivity (Wildman–Crippen MR) is 58.4 cm³/mol. The molecule has 3 N–H and O–H groups in total. The fraction of sp³-hybridized carbons (Fsp3) is 0.600. The summed E-state index contributed by atoms with van der Waals surface area (Å²) in [5, 5.41) is 8.85. The zero-order valence-corrected chi connectivity index (χ0v) is 10.1. The van der Waals surface area contributed by atoms with Crippen molar-refractivity contribution in [3.63, 3.8) is 0 Å². The number of alkyl halides is 2. The molecule has 1 atom stereocenters. The average Bonchev–Trinajstić information content (AvgIpc) is 2.24. The highest BCUT2D eigenvalue weighted by Gasteiger charge is 2.22. The molecule has 104 valence electrons. The van der Waals surface area contributed by atoms with Crippen LogP contribution in [0.5, 0.6) is 0 Å². The molecule has 0 fully saturated rings. The number of hydrazine groups is 1. The number of esters is 1. The second-order valence-corrected chi connectivity index (χ2v) is 3.45. The second kappa shape index (κ2) is 7.59. The van der Waals surface area contributed by atoms with Crippen LogP contribution in [0.4, 0.5) is 8.78 Å². The highest BCUT2D eigenvalue weighted by molar-refractivity contribution is 5.74. The van der Waals surface area contributed by atoms with Gasteiger partial charge in [-0.1, -0.05) is 0 Å². The molecule has 0 aromatic heterocycles. The standard InChI is InChI=1S/C10H16F2N2O4/c1-3-18-10(17)6(2)4-7(9(11)12)14(13)5-8(15)16/h4,6,9H,3,5,13H2,1-2H3,(H,15,16)/b7-4-. The van der Waals surface area contributed by atoms with Gasteiger partial charge in [-0.15, -0.1) is 0 Å². The second-order valence-electron chi connectivity index (χ2n) is 3.45. The zero-order chi connectivity index (χ0) is 14.3. The van der Waals surface area contributed by atoms with Crippen molar-refractivity contribution in [1.29, 1.82) is 0 Å². The molecule has 0 bridgehead atoms. The third kappa shape index (κ3) is 5.58. The van der Waals surface area contributed by atoms with Gasteiger partial charge < -0.3 is 9.84 Å². The maximum absolute atomic E-state index is 12.7. The van der Waals surface area contributed by atoms with E-state index in [0.717, 1.165) is 6.08 Å². The topological polar surface area (TPSA) is 92.9 Å². The lowest BCUT2D eigenvalue weighted by atomic mass is 10.1. The Morgan fingerprint density at radius 2 is 2.06 bits per heavy atom. The number of nitrogens with zero attached hydrogens (tertiary/aromatic N) is 1. The van der Waals surface area contributed by atoms with Crippen LogP contribution >= 0.6 is 0 Å². The molecule has 0 aromatic rings. The number of nitrogens with two attached hydrogens (primary N) is 1. The van der Waals surface area contributed by atoms with Gasteiger partial charge in [0.2, 0.25) is 0 Å². The number of carbonyl (C=O) groups is 2. The van der Waals surface area contributed by atoms with Gasteiger partial charge in [-0.25, -0.2) is 14.6 Å². The largest absolute Gasteiger partial charge is 0.480 e. The summed E-state index contributed by atoms with van der Waals surface area (Å²) in [5.41, 5.74) is -0.724. The summed E-state index contributed by atoms with van der Waals surface area (Å²) in [6.45, 7) is 2.28. The Hall–Kier alpha value is -1.70. The number of carboxylic acid groups (broad SMARTS) is 1. The van der Waals surface area contributed by atoms with Crippen LogP contribution in [0.3, 0.4) is 0 Å². The summed E-state index contributed by atoms with van der Waals surface area (Å²) in [6, 6.07) is 0. The molecule has 0 spiro atoms. The fourth-order valence-electron chi connectivity index (χ4n) is 1.13. The summed E-state index contributed by atoms with van der Waals surface area (Å²) >= 11 is 0. The first-order valence-corrected chi connectivity index (χ1v) is 5.20. The number of hydrogen-bond donors (Lipinski definition) is 2. The van der Waals surface area contributed by atoms with Gasteiger partial charge in [-0.05, 0) is 19.9 Å². The molecule has 18 heavy (non-hydrogen) atoms. The van der Waals surface area contributed by atoms with E-state index in [1.807, 2.05) is 0 Å². The lowest BCUT2D eigenvalue weighted by Gasteiger charge is -2.20. The lowest BCUT2D eigenvalue weighted by Crippen LogP contribution is -2.38. The number of allylic oxidation sites excluding steroid dienone is 1. The molecule has 0 saturated heterocycles. The van der Waals surface area contributed by atoms with E-state index in [1.54, 1.807) is 6.92 Å². The Balaban J connectivity index is 4.87. The molecule has 0 radical (unpaired) electrons. The number of halogens is 2. The summed E-state index contributed by atoms with van der Waals surface area (Å²) in [6.07, 6.45) is -2.09. The van der Waals surface area contributed by atoms with Crippen molar-refractivity contribution in [1.82, 2.24) is 5.01 Å². The fourth-order valence-corrected chi connectivity index (χ4v) is 1.13. The van der Waals surface area contributed by atoms with E-state index in [0.29, 0.717) is 5.01 Å². The van der Waals surface area contributed by atoms with E-state index in [9.17, 15) is 18.4 Å². The minimum absolute atomic E-state index is 0.127. The molecular weight excluding hydrogens is 250 g/mol. The Morgan fingerprint density at radius 1 is 1.50 bits per heavy atom. The van der Waals surface area contributed by atoms with E-state index in [2.05, 4.69) is 4.74 Å². The molecule has 1 unspecified atom stereocenters. The number of carbonyl (C=O) groups excluding carboxylic acids is 1. The smallest absolute Gasteiger partial charge is 0.324 e. The Morgan fingerprint density at radius 3 is 2.44 bits per heavy atom. The van der Waals surface area contributed by atoms with E-state index >= 15 is 0 Å². The van der Waals surface area contributed by atoms with Crippen LogP contribution in [0.1, 0.15) is 13.8 Å². The number of carboxylic acids is 1. The molecule has 6 nitrogen and oxygen atoms in total. The van der Waals surface area contributed by atoms with Crippen molar-refractivity contribution in [2.24, 2.45) is 11.8 Å². The minimum Gasteiger partial charge on any atom is -0.480 e. The molecule has 0 aliphatic carbocycles. The predicted octanol–water partition coefficient (Wildman–Crippen LogP) is 0.595. The maximum atomic E-state index is 12.7. The number of rotatable bonds is 7. The van der Waals surface area contributed by atoms with Gasteiger partial charge in [0.25, 0.3) is 6.43 Å². The highest BCUT2D eigenvalue weighted by Crippen LogP contribution is 2.15. The van der Waals surface area contributed by atoms with Gasteiger partial charge in [-0.3, -0.25) is 14.6 Å². The molecule has 0 saturated carbocycles. The van der Waals surface area contributed by atoms with Crippen molar-refractivity contribution < 1.29 is 28.2 Å². The minimum atomic E-state index is -2.98. The van der Waals surface area contributed by atoms with Crippen LogP contribution in [0.15, 0.2) is 11.8 Å². The van der Waals surface area contributed by atoms with Crippen molar-refractivity contribution in [3.8, 4) is 0 Å². The van der Waals surface area contributed by atoms with Crippen molar-refractivity contribution in [3.05, 3.63) is 11.8 Å². The zero-order valence-electron chi connectivity index (χ0n) is 10.1. The third-order valence-electron chi connectivity index (χ3n) is 1.94. The summed E-state index contributed by atoms with van der Waals surface area (Å²) in [5.74, 6) is 2.22. The monoisotopic (exact) mass is 266 g/mol. The van der Waals surface area contributed by atoms with Crippen LogP contribution < -0.4 is 5.84 Å². The lowest BCUT2D eigenvalue weighted by molar-refractivity contribution is -0.145.